The number of fused-ring (bicyclic) bond motifs is 2. The van der Waals surface area contributed by atoms with Crippen molar-refractivity contribution < 1.29 is 13.2 Å². The number of aromatic nitrogens is 4. The molecule has 1 aliphatic heterocycles. The van der Waals surface area contributed by atoms with Gasteiger partial charge in [-0.25, -0.2) is 27.3 Å². The van der Waals surface area contributed by atoms with Crippen LogP contribution in [-0.4, -0.2) is 53.6 Å². The summed E-state index contributed by atoms with van der Waals surface area (Å²) in [5, 5.41) is 1.70. The highest BCUT2D eigenvalue weighted by Crippen LogP contribution is 2.34. The van der Waals surface area contributed by atoms with Gasteiger partial charge in [0.1, 0.15) is 10.3 Å². The lowest BCUT2D eigenvalue weighted by Gasteiger charge is -2.28. The number of morpholine rings is 1. The first-order valence-electron chi connectivity index (χ1n) is 11.3. The van der Waals surface area contributed by atoms with Gasteiger partial charge in [-0.15, -0.1) is 0 Å². The third-order valence-electron chi connectivity index (χ3n) is 6.17. The lowest BCUT2D eigenvalue weighted by atomic mass is 10.1. The van der Waals surface area contributed by atoms with Crippen molar-refractivity contribution in [3.63, 3.8) is 0 Å². The molecule has 4 heterocycles. The maximum absolute atomic E-state index is 13.4. The van der Waals surface area contributed by atoms with Gasteiger partial charge in [-0.1, -0.05) is 41.2 Å². The van der Waals surface area contributed by atoms with Crippen LogP contribution >= 0.6 is 11.3 Å². The van der Waals surface area contributed by atoms with Crippen LogP contribution in [0.25, 0.3) is 32.6 Å². The fourth-order valence-corrected chi connectivity index (χ4v) is 6.53. The Hall–Kier alpha value is -3.34. The summed E-state index contributed by atoms with van der Waals surface area (Å²) in [6, 6.07) is 14.3. The summed E-state index contributed by atoms with van der Waals surface area (Å²) in [4.78, 5) is 17.7. The first-order chi connectivity index (χ1) is 16.9. The standard InChI is InChI=1S/C25H23N5O3S2/c1-16-6-8-18(9-7-16)35(31,32)30-11-10-19-20(4-3-5-21(19)30)23-27-24(29-12-14-33-15-13-29)22-25(28-23)34-17(2)26-22/h3-11H,12-15H2,1-2H3. The van der Waals surface area contributed by atoms with E-state index in [2.05, 4.69) is 9.88 Å². The van der Waals surface area contributed by atoms with E-state index in [1.54, 1.807) is 30.5 Å². The van der Waals surface area contributed by atoms with E-state index in [1.807, 2.05) is 38.1 Å². The third-order valence-corrected chi connectivity index (χ3v) is 8.74. The topological polar surface area (TPSA) is 90.2 Å². The molecule has 0 saturated carbocycles. The number of anilines is 1. The number of hydrogen-bond donors (Lipinski definition) is 0. The quantitative estimate of drug-likeness (QED) is 0.358. The van der Waals surface area contributed by atoms with E-state index in [9.17, 15) is 8.42 Å². The highest BCUT2D eigenvalue weighted by atomic mass is 32.2. The monoisotopic (exact) mass is 505 g/mol. The predicted molar refractivity (Wildman–Crippen MR) is 138 cm³/mol. The Morgan fingerprint density at radius 3 is 2.49 bits per heavy atom. The molecule has 0 spiro atoms. The Bertz CT molecular complexity index is 1670. The number of hydrogen-bond acceptors (Lipinski definition) is 8. The maximum Gasteiger partial charge on any atom is 0.268 e. The zero-order chi connectivity index (χ0) is 24.2. The van der Waals surface area contributed by atoms with Crippen molar-refractivity contribution in [1.82, 2.24) is 18.9 Å². The minimum atomic E-state index is -3.75. The van der Waals surface area contributed by atoms with Crippen LogP contribution in [0.5, 0.6) is 0 Å². The summed E-state index contributed by atoms with van der Waals surface area (Å²) < 4.78 is 33.7. The minimum Gasteiger partial charge on any atom is -0.378 e. The van der Waals surface area contributed by atoms with Crippen LogP contribution in [0.1, 0.15) is 10.6 Å². The Labute approximate surface area is 206 Å². The summed E-state index contributed by atoms with van der Waals surface area (Å²) in [5.74, 6) is 1.35. The fraction of sp³-hybridized carbons (Fsp3) is 0.240. The van der Waals surface area contributed by atoms with Gasteiger partial charge in [0.05, 0.1) is 28.6 Å². The van der Waals surface area contributed by atoms with E-state index in [0.717, 1.165) is 50.8 Å². The van der Waals surface area contributed by atoms with Gasteiger partial charge in [0.2, 0.25) is 0 Å². The molecule has 0 aliphatic carbocycles. The average Bonchev–Trinajstić information content (AvgIpc) is 3.47. The summed E-state index contributed by atoms with van der Waals surface area (Å²) in [7, 11) is -3.75. The molecular weight excluding hydrogens is 482 g/mol. The predicted octanol–water partition coefficient (Wildman–Crippen LogP) is 4.40. The van der Waals surface area contributed by atoms with Crippen LogP contribution in [0.2, 0.25) is 0 Å². The summed E-state index contributed by atoms with van der Waals surface area (Å²) in [5.41, 5.74) is 3.17. The molecule has 0 atom stereocenters. The van der Waals surface area contributed by atoms with Crippen LogP contribution in [0.4, 0.5) is 5.82 Å². The zero-order valence-corrected chi connectivity index (χ0v) is 20.9. The van der Waals surface area contributed by atoms with Gasteiger partial charge in [0, 0.05) is 30.2 Å². The number of ether oxygens (including phenoxy) is 1. The van der Waals surface area contributed by atoms with Crippen molar-refractivity contribution in [3.05, 3.63) is 65.3 Å². The van der Waals surface area contributed by atoms with Gasteiger partial charge in [-0.2, -0.15) is 0 Å². The fourth-order valence-electron chi connectivity index (χ4n) is 4.40. The molecule has 178 valence electrons. The second-order valence-electron chi connectivity index (χ2n) is 8.52. The SMILES string of the molecule is Cc1ccc(S(=O)(=O)n2ccc3c(-c4nc(N5CCOCC5)c5nc(C)sc5n4)cccc32)cc1. The molecule has 0 N–H and O–H groups in total. The van der Waals surface area contributed by atoms with Crippen molar-refractivity contribution >= 4 is 48.4 Å². The number of rotatable bonds is 4. The summed E-state index contributed by atoms with van der Waals surface area (Å²) in [6.07, 6.45) is 1.60. The van der Waals surface area contributed by atoms with Crippen molar-refractivity contribution in [1.29, 1.82) is 0 Å². The first-order valence-corrected chi connectivity index (χ1v) is 13.6. The number of thiazole rings is 1. The Kier molecular flexibility index (Phi) is 5.32. The molecule has 1 aliphatic rings. The van der Waals surface area contributed by atoms with E-state index >= 15 is 0 Å². The molecular formula is C25H23N5O3S2. The lowest BCUT2D eigenvalue weighted by Crippen LogP contribution is -2.37. The second-order valence-corrected chi connectivity index (χ2v) is 11.5. The van der Waals surface area contributed by atoms with Crippen LogP contribution in [0.3, 0.4) is 0 Å². The number of benzene rings is 2. The lowest BCUT2D eigenvalue weighted by molar-refractivity contribution is 0.122. The van der Waals surface area contributed by atoms with E-state index in [-0.39, 0.29) is 4.90 Å². The van der Waals surface area contributed by atoms with Crippen LogP contribution in [-0.2, 0) is 14.8 Å². The van der Waals surface area contributed by atoms with E-state index in [1.165, 1.54) is 15.3 Å². The second kappa shape index (κ2) is 8.40. The van der Waals surface area contributed by atoms with Gasteiger partial charge in [-0.05, 0) is 38.1 Å². The Balaban J connectivity index is 1.52. The van der Waals surface area contributed by atoms with Crippen molar-refractivity contribution in [2.45, 2.75) is 18.7 Å². The largest absolute Gasteiger partial charge is 0.378 e. The third kappa shape index (κ3) is 3.78. The smallest absolute Gasteiger partial charge is 0.268 e. The van der Waals surface area contributed by atoms with E-state index in [0.29, 0.717) is 24.6 Å². The first kappa shape index (κ1) is 22.1. The highest BCUT2D eigenvalue weighted by Gasteiger charge is 2.23. The Morgan fingerprint density at radius 2 is 1.71 bits per heavy atom. The molecule has 0 unspecified atom stereocenters. The molecule has 1 fully saturated rings. The maximum atomic E-state index is 13.4. The number of aryl methyl sites for hydroxylation is 2. The molecule has 1 saturated heterocycles. The normalized spacial score (nSPS) is 14.7. The van der Waals surface area contributed by atoms with E-state index in [4.69, 9.17) is 14.7 Å². The van der Waals surface area contributed by atoms with Crippen molar-refractivity contribution in [2.75, 3.05) is 31.2 Å². The molecule has 6 rings (SSSR count). The minimum absolute atomic E-state index is 0.249. The molecule has 5 aromatic rings. The van der Waals surface area contributed by atoms with E-state index < -0.39 is 10.0 Å². The zero-order valence-electron chi connectivity index (χ0n) is 19.3. The molecule has 0 amide bonds. The van der Waals surface area contributed by atoms with Crippen molar-refractivity contribution in [3.8, 4) is 11.4 Å². The highest BCUT2D eigenvalue weighted by molar-refractivity contribution is 7.90. The van der Waals surface area contributed by atoms with Gasteiger partial charge in [0.25, 0.3) is 10.0 Å². The van der Waals surface area contributed by atoms with Gasteiger partial charge >= 0.3 is 0 Å². The molecule has 8 nitrogen and oxygen atoms in total. The van der Waals surface area contributed by atoms with Crippen molar-refractivity contribution in [2.24, 2.45) is 0 Å². The molecule has 2 aromatic carbocycles. The molecule has 0 radical (unpaired) electrons. The van der Waals surface area contributed by atoms with Crippen LogP contribution in [0, 0.1) is 13.8 Å². The molecule has 10 heteroatoms. The van der Waals surface area contributed by atoms with Crippen LogP contribution < -0.4 is 4.90 Å². The van der Waals surface area contributed by atoms with Crippen LogP contribution in [0.15, 0.2) is 59.6 Å². The Morgan fingerprint density at radius 1 is 0.943 bits per heavy atom. The molecule has 35 heavy (non-hydrogen) atoms. The van der Waals surface area contributed by atoms with Gasteiger partial charge in [-0.3, -0.25) is 0 Å². The summed E-state index contributed by atoms with van der Waals surface area (Å²) in [6.45, 7) is 6.64. The average molecular weight is 506 g/mol. The van der Waals surface area contributed by atoms with Gasteiger partial charge < -0.3 is 9.64 Å². The van der Waals surface area contributed by atoms with Gasteiger partial charge in [0.15, 0.2) is 11.6 Å². The molecule has 0 bridgehead atoms. The number of nitrogens with zero attached hydrogens (tertiary/aromatic N) is 5. The molecule has 3 aromatic heterocycles. The summed E-state index contributed by atoms with van der Waals surface area (Å²) >= 11 is 1.53.